The Balaban J connectivity index is 1.51. The minimum atomic E-state index is -0.308. The minimum absolute atomic E-state index is 0.136. The fourth-order valence-corrected chi connectivity index (χ4v) is 3.97. The summed E-state index contributed by atoms with van der Waals surface area (Å²) in [5.74, 6) is 1.17. The third-order valence-corrected chi connectivity index (χ3v) is 4.90. The van der Waals surface area contributed by atoms with Crippen LogP contribution in [0.2, 0.25) is 0 Å². The molecule has 0 aromatic carbocycles. The number of nitrogens with one attached hydrogen (secondary N) is 1. The van der Waals surface area contributed by atoms with E-state index >= 15 is 0 Å². The molecule has 3 aromatic heterocycles. The Morgan fingerprint density at radius 2 is 2.35 bits per heavy atom. The van der Waals surface area contributed by atoms with E-state index in [2.05, 4.69) is 20.4 Å². The molecule has 0 saturated carbocycles. The van der Waals surface area contributed by atoms with Crippen molar-refractivity contribution < 1.29 is 14.1 Å². The number of carbonyl (C=O) groups is 1. The molecule has 0 saturated heterocycles. The fraction of sp³-hybridized carbons (Fsp3) is 0.333. The predicted molar refractivity (Wildman–Crippen MR) is 84.8 cm³/mol. The van der Waals surface area contributed by atoms with Gasteiger partial charge in [-0.2, -0.15) is 0 Å². The molecule has 4 rings (SSSR count). The lowest BCUT2D eigenvalue weighted by molar-refractivity contribution is -0.118. The third kappa shape index (κ3) is 2.65. The second kappa shape index (κ2) is 5.62. The first-order chi connectivity index (χ1) is 11.2. The lowest BCUT2D eigenvalue weighted by Crippen LogP contribution is -2.20. The molecule has 1 aliphatic rings. The lowest BCUT2D eigenvalue weighted by atomic mass is 10.2. The van der Waals surface area contributed by atoms with Crippen LogP contribution in [-0.2, 0) is 17.6 Å². The molecule has 1 aliphatic carbocycles. The Bertz CT molecular complexity index is 886. The number of carbonyl (C=O) groups excluding carboxylic acids is 1. The summed E-state index contributed by atoms with van der Waals surface area (Å²) in [5, 5.41) is 7.28. The van der Waals surface area contributed by atoms with Gasteiger partial charge < -0.3 is 14.6 Å². The van der Waals surface area contributed by atoms with Crippen molar-refractivity contribution in [2.45, 2.75) is 26.2 Å². The van der Waals surface area contributed by atoms with Gasteiger partial charge in [0.05, 0.1) is 5.39 Å². The molecule has 23 heavy (non-hydrogen) atoms. The van der Waals surface area contributed by atoms with Crippen LogP contribution in [0.1, 0.15) is 22.6 Å². The molecular formula is C15H14N4O3S. The Kier molecular flexibility index (Phi) is 3.45. The molecule has 0 unspecified atom stereocenters. The number of rotatable bonds is 4. The van der Waals surface area contributed by atoms with Gasteiger partial charge in [0.1, 0.15) is 16.9 Å². The number of nitrogens with zero attached hydrogens (tertiary/aromatic N) is 3. The molecule has 3 aromatic rings. The summed E-state index contributed by atoms with van der Waals surface area (Å²) in [6.45, 7) is 1.62. The van der Waals surface area contributed by atoms with E-state index in [0.29, 0.717) is 17.5 Å². The van der Waals surface area contributed by atoms with Crippen LogP contribution in [0, 0.1) is 6.92 Å². The van der Waals surface area contributed by atoms with Crippen LogP contribution in [0.25, 0.3) is 10.2 Å². The van der Waals surface area contributed by atoms with Gasteiger partial charge in [0.2, 0.25) is 5.88 Å². The molecule has 3 heterocycles. The van der Waals surface area contributed by atoms with E-state index in [9.17, 15) is 4.79 Å². The summed E-state index contributed by atoms with van der Waals surface area (Å²) in [4.78, 5) is 22.7. The summed E-state index contributed by atoms with van der Waals surface area (Å²) in [7, 11) is 0. The molecule has 0 fully saturated rings. The van der Waals surface area contributed by atoms with E-state index in [1.54, 1.807) is 24.3 Å². The van der Waals surface area contributed by atoms with E-state index in [-0.39, 0.29) is 12.5 Å². The first kappa shape index (κ1) is 14.1. The Hall–Kier alpha value is -2.48. The number of anilines is 1. The molecule has 0 bridgehead atoms. The summed E-state index contributed by atoms with van der Waals surface area (Å²) in [6, 6.07) is 1.65. The molecule has 0 radical (unpaired) electrons. The largest absolute Gasteiger partial charge is 0.467 e. The number of aryl methyl sites for hydroxylation is 3. The molecule has 1 N–H and O–H groups in total. The number of fused-ring (bicyclic) bond motifs is 3. The van der Waals surface area contributed by atoms with Gasteiger partial charge in [0.15, 0.2) is 12.4 Å². The number of hydrogen-bond acceptors (Lipinski definition) is 7. The van der Waals surface area contributed by atoms with Crippen molar-refractivity contribution in [1.82, 2.24) is 15.1 Å². The molecule has 0 spiro atoms. The van der Waals surface area contributed by atoms with Crippen molar-refractivity contribution in [3.05, 3.63) is 28.6 Å². The highest BCUT2D eigenvalue weighted by Crippen LogP contribution is 2.39. The van der Waals surface area contributed by atoms with Gasteiger partial charge in [0.25, 0.3) is 5.91 Å². The quantitative estimate of drug-likeness (QED) is 0.790. The zero-order chi connectivity index (χ0) is 15.8. The topological polar surface area (TPSA) is 90.1 Å². The maximum Gasteiger partial charge on any atom is 0.263 e. The number of ether oxygens (including phenoxy) is 1. The number of hydrogen-bond donors (Lipinski definition) is 1. The fourth-order valence-electron chi connectivity index (χ4n) is 2.75. The number of thiophene rings is 1. The van der Waals surface area contributed by atoms with Crippen LogP contribution >= 0.6 is 11.3 Å². The predicted octanol–water partition coefficient (Wildman–Crippen LogP) is 2.49. The van der Waals surface area contributed by atoms with Gasteiger partial charge in [-0.1, -0.05) is 5.16 Å². The highest BCUT2D eigenvalue weighted by atomic mass is 32.1. The standard InChI is InChI=1S/C15H14N4O3S/c1-8-5-11(19-22-8)18-12(20)6-21-14-13-9-3-2-4-10(9)23-15(13)17-7-16-14/h5,7H,2-4,6H2,1H3,(H,18,19,20). The number of amides is 1. The SMILES string of the molecule is Cc1cc(NC(=O)COc2ncnc3sc4c(c23)CCC4)no1. The summed E-state index contributed by atoms with van der Waals surface area (Å²) < 4.78 is 10.5. The zero-order valence-corrected chi connectivity index (χ0v) is 13.3. The van der Waals surface area contributed by atoms with Gasteiger partial charge in [-0.25, -0.2) is 9.97 Å². The maximum absolute atomic E-state index is 11.9. The van der Waals surface area contributed by atoms with Crippen LogP contribution in [-0.4, -0.2) is 27.6 Å². The second-order valence-electron chi connectivity index (χ2n) is 5.38. The van der Waals surface area contributed by atoms with Crippen LogP contribution in [0.3, 0.4) is 0 Å². The van der Waals surface area contributed by atoms with Crippen LogP contribution < -0.4 is 10.1 Å². The zero-order valence-electron chi connectivity index (χ0n) is 12.5. The smallest absolute Gasteiger partial charge is 0.263 e. The van der Waals surface area contributed by atoms with Gasteiger partial charge in [0, 0.05) is 10.9 Å². The first-order valence-electron chi connectivity index (χ1n) is 7.32. The third-order valence-electron chi connectivity index (χ3n) is 3.70. The minimum Gasteiger partial charge on any atom is -0.467 e. The average Bonchev–Trinajstić information content (AvgIpc) is 3.20. The monoisotopic (exact) mass is 330 g/mol. The molecule has 8 heteroatoms. The van der Waals surface area contributed by atoms with Gasteiger partial charge >= 0.3 is 0 Å². The normalized spacial score (nSPS) is 13.3. The van der Waals surface area contributed by atoms with Crippen molar-refractivity contribution in [3.8, 4) is 5.88 Å². The van der Waals surface area contributed by atoms with Crippen molar-refractivity contribution in [3.63, 3.8) is 0 Å². The average molecular weight is 330 g/mol. The van der Waals surface area contributed by atoms with E-state index < -0.39 is 0 Å². The van der Waals surface area contributed by atoms with Gasteiger partial charge in [-0.3, -0.25) is 4.79 Å². The highest BCUT2D eigenvalue weighted by molar-refractivity contribution is 7.18. The molecule has 0 atom stereocenters. The summed E-state index contributed by atoms with van der Waals surface area (Å²) in [5.41, 5.74) is 1.27. The Morgan fingerprint density at radius 3 is 3.17 bits per heavy atom. The van der Waals surface area contributed by atoms with E-state index in [4.69, 9.17) is 9.26 Å². The van der Waals surface area contributed by atoms with Crippen molar-refractivity contribution >= 4 is 33.3 Å². The molecular weight excluding hydrogens is 316 g/mol. The van der Waals surface area contributed by atoms with Gasteiger partial charge in [-0.15, -0.1) is 11.3 Å². The molecule has 1 amide bonds. The second-order valence-corrected chi connectivity index (χ2v) is 6.46. The molecule has 7 nitrogen and oxygen atoms in total. The maximum atomic E-state index is 11.9. The summed E-state index contributed by atoms with van der Waals surface area (Å²) in [6.07, 6.45) is 4.73. The van der Waals surface area contributed by atoms with Crippen LogP contribution in [0.5, 0.6) is 5.88 Å². The van der Waals surface area contributed by atoms with Crippen molar-refractivity contribution in [1.29, 1.82) is 0 Å². The number of aromatic nitrogens is 3. The highest BCUT2D eigenvalue weighted by Gasteiger charge is 2.22. The molecule has 118 valence electrons. The molecule has 0 aliphatic heterocycles. The van der Waals surface area contributed by atoms with E-state index in [1.165, 1.54) is 16.8 Å². The Morgan fingerprint density at radius 1 is 1.43 bits per heavy atom. The lowest BCUT2D eigenvalue weighted by Gasteiger charge is -2.06. The summed E-state index contributed by atoms with van der Waals surface area (Å²) >= 11 is 1.69. The Labute approximate surface area is 135 Å². The van der Waals surface area contributed by atoms with E-state index in [0.717, 1.165) is 29.5 Å². The van der Waals surface area contributed by atoms with E-state index in [1.807, 2.05) is 0 Å². The van der Waals surface area contributed by atoms with Crippen LogP contribution in [0.15, 0.2) is 16.9 Å². The van der Waals surface area contributed by atoms with Gasteiger partial charge in [-0.05, 0) is 31.7 Å². The van der Waals surface area contributed by atoms with Crippen molar-refractivity contribution in [2.24, 2.45) is 0 Å². The van der Waals surface area contributed by atoms with Crippen LogP contribution in [0.4, 0.5) is 5.82 Å². The van der Waals surface area contributed by atoms with Crippen molar-refractivity contribution in [2.75, 3.05) is 11.9 Å². The first-order valence-corrected chi connectivity index (χ1v) is 8.13.